The Hall–Kier alpha value is -4.71. The van der Waals surface area contributed by atoms with Crippen molar-refractivity contribution in [3.8, 4) is 0 Å². The van der Waals surface area contributed by atoms with Gasteiger partial charge in [0, 0.05) is 17.5 Å². The number of fused-ring (bicyclic) bond motifs is 1. The number of hydrogen-bond acceptors (Lipinski definition) is 9. The number of non-ortho nitro benzene ring substituents is 1. The molecule has 1 N–H and O–H groups in total. The summed E-state index contributed by atoms with van der Waals surface area (Å²) in [5.74, 6) is -1.69. The number of para-hydroxylation sites is 2. The summed E-state index contributed by atoms with van der Waals surface area (Å²) in [7, 11) is -4.28. The highest BCUT2D eigenvalue weighted by Crippen LogP contribution is 2.28. The number of carbonyl (C=O) groups is 2. The van der Waals surface area contributed by atoms with E-state index in [0.717, 1.165) is 12.1 Å². The monoisotopic (exact) mass is 524 g/mol. The molecule has 0 aliphatic heterocycles. The molecule has 1 heterocycles. The first-order chi connectivity index (χ1) is 17.7. The van der Waals surface area contributed by atoms with Gasteiger partial charge in [0.25, 0.3) is 15.7 Å². The van der Waals surface area contributed by atoms with Gasteiger partial charge in [-0.25, -0.2) is 18.0 Å². The molecule has 4 rings (SSSR count). The van der Waals surface area contributed by atoms with Crippen LogP contribution in [0.4, 0.5) is 11.4 Å². The number of ether oxygens (including phenoxy) is 2. The van der Waals surface area contributed by atoms with Crippen molar-refractivity contribution >= 4 is 44.3 Å². The predicted molar refractivity (Wildman–Crippen MR) is 132 cm³/mol. The molecule has 0 radical (unpaired) electrons. The average molecular weight is 525 g/mol. The fourth-order valence-electron chi connectivity index (χ4n) is 3.54. The van der Waals surface area contributed by atoms with Gasteiger partial charge in [0.1, 0.15) is 12.2 Å². The summed E-state index contributed by atoms with van der Waals surface area (Å²) in [6, 6.07) is 17.0. The van der Waals surface area contributed by atoms with Crippen LogP contribution < -0.4 is 4.72 Å². The van der Waals surface area contributed by atoms with Crippen molar-refractivity contribution < 1.29 is 36.8 Å². The Balaban J connectivity index is 1.59. The van der Waals surface area contributed by atoms with Crippen molar-refractivity contribution in [1.29, 1.82) is 0 Å². The van der Waals surface area contributed by atoms with Gasteiger partial charge in [-0.05, 0) is 31.2 Å². The van der Waals surface area contributed by atoms with Crippen molar-refractivity contribution in [1.82, 2.24) is 0 Å². The first-order valence-corrected chi connectivity index (χ1v) is 12.4. The maximum absolute atomic E-state index is 13.0. The fraction of sp³-hybridized carbons (Fsp3) is 0.120. The minimum absolute atomic E-state index is 0.0957. The number of benzene rings is 3. The molecule has 0 fully saturated rings. The molecule has 4 aromatic rings. The molecule has 0 aliphatic carbocycles. The van der Waals surface area contributed by atoms with Crippen molar-refractivity contribution in [2.24, 2.45) is 0 Å². The normalized spacial score (nSPS) is 11.2. The summed E-state index contributed by atoms with van der Waals surface area (Å²) < 4.78 is 44.1. The second-order valence-electron chi connectivity index (χ2n) is 7.61. The quantitative estimate of drug-likeness (QED) is 0.187. The number of anilines is 1. The summed E-state index contributed by atoms with van der Waals surface area (Å²) in [6.45, 7) is 1.41. The molecule has 12 heteroatoms. The third-order valence-electron chi connectivity index (χ3n) is 5.24. The first-order valence-electron chi connectivity index (χ1n) is 10.9. The Morgan fingerprint density at radius 1 is 0.973 bits per heavy atom. The highest BCUT2D eigenvalue weighted by molar-refractivity contribution is 7.92. The topological polar surface area (TPSA) is 155 Å². The Morgan fingerprint density at radius 3 is 2.46 bits per heavy atom. The van der Waals surface area contributed by atoms with Crippen LogP contribution in [-0.2, 0) is 26.1 Å². The number of nitrogens with one attached hydrogen (secondary N) is 1. The van der Waals surface area contributed by atoms with Crippen LogP contribution in [0.25, 0.3) is 11.0 Å². The van der Waals surface area contributed by atoms with Gasteiger partial charge in [-0.15, -0.1) is 0 Å². The van der Waals surface area contributed by atoms with E-state index in [0.29, 0.717) is 16.5 Å². The summed E-state index contributed by atoms with van der Waals surface area (Å²) >= 11 is 0. The number of hydrogen-bond donors (Lipinski definition) is 1. The number of nitro groups is 1. The molecule has 0 unspecified atom stereocenters. The van der Waals surface area contributed by atoms with E-state index in [-0.39, 0.29) is 35.1 Å². The lowest BCUT2D eigenvalue weighted by atomic mass is 10.1. The zero-order chi connectivity index (χ0) is 26.6. The maximum Gasteiger partial charge on any atom is 0.374 e. The SMILES string of the molecule is CCOC(=O)c1oc2ccccc2c1COC(=O)c1ccccc1NS(=O)(=O)c1cccc([N+](=O)[O-])c1. The number of nitrogens with zero attached hydrogens (tertiary/aromatic N) is 1. The summed E-state index contributed by atoms with van der Waals surface area (Å²) in [6.07, 6.45) is 0. The zero-order valence-electron chi connectivity index (χ0n) is 19.4. The van der Waals surface area contributed by atoms with Crippen molar-refractivity contribution in [3.05, 3.63) is 99.8 Å². The van der Waals surface area contributed by atoms with Gasteiger partial charge < -0.3 is 13.9 Å². The molecule has 3 aromatic carbocycles. The molecule has 11 nitrogen and oxygen atoms in total. The predicted octanol–water partition coefficient (Wildman–Crippen LogP) is 4.68. The third kappa shape index (κ3) is 5.43. The van der Waals surface area contributed by atoms with Gasteiger partial charge in [0.05, 0.1) is 33.2 Å². The summed E-state index contributed by atoms with van der Waals surface area (Å²) in [5.41, 5.74) is 0.0998. The van der Waals surface area contributed by atoms with Crippen LogP contribution in [0.5, 0.6) is 0 Å². The third-order valence-corrected chi connectivity index (χ3v) is 6.60. The lowest BCUT2D eigenvalue weighted by Crippen LogP contribution is -2.17. The summed E-state index contributed by atoms with van der Waals surface area (Å²) in [5, 5.41) is 11.6. The minimum atomic E-state index is -4.28. The van der Waals surface area contributed by atoms with E-state index in [1.165, 1.54) is 36.4 Å². The molecule has 0 saturated carbocycles. The second-order valence-corrected chi connectivity index (χ2v) is 9.29. The van der Waals surface area contributed by atoms with Crippen molar-refractivity contribution in [2.75, 3.05) is 11.3 Å². The number of nitro benzene ring substituents is 1. The van der Waals surface area contributed by atoms with Crippen LogP contribution in [0.15, 0.2) is 82.1 Å². The molecule has 0 atom stereocenters. The highest BCUT2D eigenvalue weighted by Gasteiger charge is 2.25. The van der Waals surface area contributed by atoms with Gasteiger partial charge in [-0.1, -0.05) is 36.4 Å². The van der Waals surface area contributed by atoms with E-state index in [9.17, 15) is 28.1 Å². The van der Waals surface area contributed by atoms with Crippen LogP contribution in [0, 0.1) is 10.1 Å². The summed E-state index contributed by atoms with van der Waals surface area (Å²) in [4.78, 5) is 35.3. The van der Waals surface area contributed by atoms with Gasteiger partial charge in [-0.2, -0.15) is 0 Å². The van der Waals surface area contributed by atoms with E-state index < -0.39 is 32.6 Å². The largest absolute Gasteiger partial charge is 0.460 e. The molecular weight excluding hydrogens is 504 g/mol. The number of furan rings is 1. The number of sulfonamides is 1. The van der Waals surface area contributed by atoms with E-state index in [1.807, 2.05) is 0 Å². The fourth-order valence-corrected chi connectivity index (χ4v) is 4.66. The van der Waals surface area contributed by atoms with Gasteiger partial charge in [0.2, 0.25) is 5.76 Å². The molecule has 0 saturated heterocycles. The minimum Gasteiger partial charge on any atom is -0.460 e. The van der Waals surface area contributed by atoms with Crippen LogP contribution in [0.3, 0.4) is 0 Å². The van der Waals surface area contributed by atoms with E-state index in [4.69, 9.17) is 13.9 Å². The van der Waals surface area contributed by atoms with Gasteiger partial charge in [0.15, 0.2) is 0 Å². The Labute approximate surface area is 210 Å². The molecule has 1 aromatic heterocycles. The first kappa shape index (κ1) is 25.4. The molecule has 37 heavy (non-hydrogen) atoms. The standard InChI is InChI=1S/C25H20N2O9S/c1-2-34-25(29)23-20(18-10-4-6-13-22(18)36-23)15-35-24(28)19-11-3-5-12-21(19)26-37(32,33)17-9-7-8-16(14-17)27(30)31/h3-14,26H,2,15H2,1H3. The molecule has 0 aliphatic rings. The average Bonchev–Trinajstić information content (AvgIpc) is 3.26. The zero-order valence-corrected chi connectivity index (χ0v) is 20.2. The maximum atomic E-state index is 13.0. The lowest BCUT2D eigenvalue weighted by Gasteiger charge is -2.12. The molecule has 0 bridgehead atoms. The van der Waals surface area contributed by atoms with Crippen LogP contribution in [0.1, 0.15) is 33.4 Å². The van der Waals surface area contributed by atoms with Crippen LogP contribution in [0.2, 0.25) is 0 Å². The molecule has 0 amide bonds. The Bertz CT molecular complexity index is 1610. The van der Waals surface area contributed by atoms with Crippen LogP contribution in [-0.4, -0.2) is 31.9 Å². The molecule has 190 valence electrons. The number of rotatable bonds is 9. The second kappa shape index (κ2) is 10.5. The lowest BCUT2D eigenvalue weighted by molar-refractivity contribution is -0.385. The Morgan fingerprint density at radius 2 is 1.70 bits per heavy atom. The molecular formula is C25H20N2O9S. The van der Waals surface area contributed by atoms with E-state index >= 15 is 0 Å². The smallest absolute Gasteiger partial charge is 0.374 e. The van der Waals surface area contributed by atoms with Gasteiger partial charge in [-0.3, -0.25) is 14.8 Å². The number of esters is 2. The van der Waals surface area contributed by atoms with E-state index in [1.54, 1.807) is 31.2 Å². The molecule has 0 spiro atoms. The van der Waals surface area contributed by atoms with Crippen molar-refractivity contribution in [3.63, 3.8) is 0 Å². The van der Waals surface area contributed by atoms with Crippen LogP contribution >= 0.6 is 0 Å². The van der Waals surface area contributed by atoms with Gasteiger partial charge >= 0.3 is 11.9 Å². The highest BCUT2D eigenvalue weighted by atomic mass is 32.2. The number of carbonyl (C=O) groups excluding carboxylic acids is 2. The van der Waals surface area contributed by atoms with Crippen molar-refractivity contribution in [2.45, 2.75) is 18.4 Å². The van der Waals surface area contributed by atoms with E-state index in [2.05, 4.69) is 4.72 Å². The Kier molecular flexibility index (Phi) is 7.20.